The van der Waals surface area contributed by atoms with Gasteiger partial charge in [0.2, 0.25) is 0 Å². The van der Waals surface area contributed by atoms with Crippen LogP contribution in [0.3, 0.4) is 0 Å². The number of thiazole rings is 1. The highest BCUT2D eigenvalue weighted by Crippen LogP contribution is 2.46. The molecule has 3 aromatic carbocycles. The molecular weight excluding hydrogens is 564 g/mol. The van der Waals surface area contributed by atoms with Crippen molar-refractivity contribution in [2.75, 3.05) is 24.7 Å². The van der Waals surface area contributed by atoms with E-state index in [1.54, 1.807) is 42.5 Å². The monoisotopic (exact) mass is 600 g/mol. The first-order valence-corrected chi connectivity index (χ1v) is 15.4. The molecule has 0 radical (unpaired) electrons. The normalized spacial score (nSPS) is 16.2. The molecule has 0 aliphatic carbocycles. The smallest absolute Gasteiger partial charge is 0.301 e. The number of fused-ring (bicyclic) bond motifs is 1. The van der Waals surface area contributed by atoms with Gasteiger partial charge < -0.3 is 19.3 Å². The van der Waals surface area contributed by atoms with E-state index in [0.717, 1.165) is 34.2 Å². The second-order valence-electron chi connectivity index (χ2n) is 10.5. The predicted molar refractivity (Wildman–Crippen MR) is 170 cm³/mol. The zero-order chi connectivity index (χ0) is 30.7. The highest BCUT2D eigenvalue weighted by atomic mass is 32.1. The van der Waals surface area contributed by atoms with Crippen LogP contribution in [-0.4, -0.2) is 41.6 Å². The standard InChI is InChI=1S/C34H36N2O6S/c1-6-15-41-24-12-9-22(10-13-24)31(37)28-30(23-11-14-25(42-16-7-2)26(19-23)40-8-3)36(33(39)32(28)38)34-35-29-21(5)17-20(4)18-27(29)43-34/h9-14,17-19,30,37H,6-8,15-16H2,1-5H3/b31-28+. The number of aliphatic hydroxyl groups is 1. The maximum atomic E-state index is 13.8. The van der Waals surface area contributed by atoms with E-state index in [1.807, 2.05) is 46.8 Å². The molecule has 1 unspecified atom stereocenters. The fourth-order valence-electron chi connectivity index (χ4n) is 5.19. The molecule has 8 nitrogen and oxygen atoms in total. The Morgan fingerprint density at radius 3 is 2.33 bits per heavy atom. The van der Waals surface area contributed by atoms with Gasteiger partial charge in [0, 0.05) is 5.56 Å². The summed E-state index contributed by atoms with van der Waals surface area (Å²) in [6, 6.07) is 15.3. The summed E-state index contributed by atoms with van der Waals surface area (Å²) in [6.07, 6.45) is 1.69. The Morgan fingerprint density at radius 2 is 1.63 bits per heavy atom. The third-order valence-corrected chi connectivity index (χ3v) is 8.12. The van der Waals surface area contributed by atoms with Crippen molar-refractivity contribution < 1.29 is 28.9 Å². The second kappa shape index (κ2) is 12.9. The lowest BCUT2D eigenvalue weighted by Crippen LogP contribution is -2.29. The molecule has 1 fully saturated rings. The third-order valence-electron chi connectivity index (χ3n) is 7.11. The molecule has 1 aliphatic heterocycles. The summed E-state index contributed by atoms with van der Waals surface area (Å²) in [4.78, 5) is 33.7. The van der Waals surface area contributed by atoms with Gasteiger partial charge >= 0.3 is 5.91 Å². The van der Waals surface area contributed by atoms with Crippen LogP contribution in [0.1, 0.15) is 61.9 Å². The van der Waals surface area contributed by atoms with Crippen molar-refractivity contribution in [3.63, 3.8) is 0 Å². The molecule has 224 valence electrons. The summed E-state index contributed by atoms with van der Waals surface area (Å²) in [5, 5.41) is 12.0. The van der Waals surface area contributed by atoms with Crippen LogP contribution < -0.4 is 19.1 Å². The minimum absolute atomic E-state index is 0.0240. The maximum absolute atomic E-state index is 13.8. The van der Waals surface area contributed by atoms with Gasteiger partial charge in [-0.05, 0) is 92.8 Å². The highest BCUT2D eigenvalue weighted by Gasteiger charge is 2.48. The number of nitrogens with zero attached hydrogens (tertiary/aromatic N) is 2. The molecule has 4 aromatic rings. The lowest BCUT2D eigenvalue weighted by atomic mass is 9.95. The van der Waals surface area contributed by atoms with Crippen LogP contribution in [0, 0.1) is 13.8 Å². The number of carbonyl (C=O) groups is 2. The van der Waals surface area contributed by atoms with Crippen LogP contribution >= 0.6 is 11.3 Å². The Kier molecular flexibility index (Phi) is 9.01. The van der Waals surface area contributed by atoms with Crippen LogP contribution in [0.5, 0.6) is 17.2 Å². The Hall–Kier alpha value is -4.37. The Morgan fingerprint density at radius 1 is 0.907 bits per heavy atom. The molecule has 9 heteroatoms. The second-order valence-corrected chi connectivity index (χ2v) is 11.5. The number of aromatic nitrogens is 1. The van der Waals surface area contributed by atoms with E-state index in [4.69, 9.17) is 19.2 Å². The largest absolute Gasteiger partial charge is 0.507 e. The number of amides is 1. The summed E-state index contributed by atoms with van der Waals surface area (Å²) >= 11 is 1.34. The number of hydrogen-bond donors (Lipinski definition) is 1. The number of ether oxygens (including phenoxy) is 3. The van der Waals surface area contributed by atoms with E-state index in [2.05, 4.69) is 0 Å². The van der Waals surface area contributed by atoms with Gasteiger partial charge in [0.15, 0.2) is 16.6 Å². The lowest BCUT2D eigenvalue weighted by Gasteiger charge is -2.24. The van der Waals surface area contributed by atoms with Crippen molar-refractivity contribution in [2.45, 2.75) is 53.5 Å². The molecule has 0 saturated carbocycles. The minimum atomic E-state index is -0.947. The predicted octanol–water partition coefficient (Wildman–Crippen LogP) is 7.52. The molecule has 1 N–H and O–H groups in total. The van der Waals surface area contributed by atoms with E-state index < -0.39 is 17.7 Å². The van der Waals surface area contributed by atoms with Crippen LogP contribution in [0.15, 0.2) is 60.2 Å². The summed E-state index contributed by atoms with van der Waals surface area (Å²) in [5.74, 6) is -0.104. The van der Waals surface area contributed by atoms with Gasteiger partial charge in [-0.1, -0.05) is 37.3 Å². The van der Waals surface area contributed by atoms with E-state index >= 15 is 0 Å². The Labute approximate surface area is 255 Å². The fraction of sp³-hybridized carbons (Fsp3) is 0.324. The number of Topliss-reactive ketones (excluding diaryl/α,β-unsaturated/α-hetero) is 1. The number of hydrogen-bond acceptors (Lipinski definition) is 8. The average molecular weight is 601 g/mol. The van der Waals surface area contributed by atoms with E-state index in [1.165, 1.54) is 16.2 Å². The van der Waals surface area contributed by atoms with Crippen molar-refractivity contribution in [3.8, 4) is 17.2 Å². The van der Waals surface area contributed by atoms with Crippen molar-refractivity contribution in [2.24, 2.45) is 0 Å². The fourth-order valence-corrected chi connectivity index (χ4v) is 6.35. The number of benzene rings is 3. The van der Waals surface area contributed by atoms with Crippen molar-refractivity contribution in [3.05, 3.63) is 82.4 Å². The third kappa shape index (κ3) is 5.95. The van der Waals surface area contributed by atoms with Gasteiger partial charge in [0.05, 0.1) is 41.7 Å². The number of aliphatic hydroxyl groups excluding tert-OH is 1. The molecule has 1 amide bonds. The average Bonchev–Trinajstić information content (AvgIpc) is 3.53. The van der Waals surface area contributed by atoms with Gasteiger partial charge in [-0.25, -0.2) is 4.98 Å². The molecule has 1 saturated heterocycles. The van der Waals surface area contributed by atoms with Gasteiger partial charge in [0.1, 0.15) is 11.5 Å². The number of carbonyl (C=O) groups excluding carboxylic acids is 2. The molecule has 1 aliphatic rings. The highest BCUT2D eigenvalue weighted by molar-refractivity contribution is 7.22. The topological polar surface area (TPSA) is 98.2 Å². The van der Waals surface area contributed by atoms with Crippen LogP contribution in [0.4, 0.5) is 5.13 Å². The first kappa shape index (κ1) is 30.1. The quantitative estimate of drug-likeness (QED) is 0.108. The molecule has 2 heterocycles. The first-order chi connectivity index (χ1) is 20.8. The van der Waals surface area contributed by atoms with Gasteiger partial charge in [-0.2, -0.15) is 0 Å². The van der Waals surface area contributed by atoms with Crippen molar-refractivity contribution in [1.29, 1.82) is 0 Å². The summed E-state index contributed by atoms with van der Waals surface area (Å²) < 4.78 is 18.4. The van der Waals surface area contributed by atoms with E-state index in [0.29, 0.717) is 53.3 Å². The maximum Gasteiger partial charge on any atom is 0.301 e. The first-order valence-electron chi connectivity index (χ1n) is 14.6. The Bertz CT molecular complexity index is 1690. The number of rotatable bonds is 11. The van der Waals surface area contributed by atoms with Crippen LogP contribution in [-0.2, 0) is 9.59 Å². The van der Waals surface area contributed by atoms with Crippen molar-refractivity contribution >= 4 is 44.1 Å². The van der Waals surface area contributed by atoms with E-state index in [-0.39, 0.29) is 11.3 Å². The number of ketones is 1. The summed E-state index contributed by atoms with van der Waals surface area (Å²) in [6.45, 7) is 11.4. The van der Waals surface area contributed by atoms with Crippen LogP contribution in [0.2, 0.25) is 0 Å². The minimum Gasteiger partial charge on any atom is -0.507 e. The lowest BCUT2D eigenvalue weighted by molar-refractivity contribution is -0.132. The summed E-state index contributed by atoms with van der Waals surface area (Å²) in [5.41, 5.74) is 3.79. The molecular formula is C34H36N2O6S. The molecule has 43 heavy (non-hydrogen) atoms. The number of anilines is 1. The van der Waals surface area contributed by atoms with Crippen LogP contribution in [0.25, 0.3) is 16.0 Å². The SMILES string of the molecule is CCCOc1ccc(/C(O)=C2\C(=O)C(=O)N(c3nc4c(C)cc(C)cc4s3)C2c2ccc(OCCC)c(OCC)c2)cc1. The van der Waals surface area contributed by atoms with Gasteiger partial charge in [0.25, 0.3) is 5.78 Å². The van der Waals surface area contributed by atoms with Crippen molar-refractivity contribution in [1.82, 2.24) is 4.98 Å². The molecule has 1 atom stereocenters. The molecule has 0 bridgehead atoms. The van der Waals surface area contributed by atoms with Gasteiger partial charge in [-0.15, -0.1) is 0 Å². The molecule has 0 spiro atoms. The van der Waals surface area contributed by atoms with E-state index in [9.17, 15) is 14.7 Å². The zero-order valence-electron chi connectivity index (χ0n) is 25.1. The number of aryl methyl sites for hydroxylation is 2. The molecule has 1 aromatic heterocycles. The summed E-state index contributed by atoms with van der Waals surface area (Å²) in [7, 11) is 0. The zero-order valence-corrected chi connectivity index (χ0v) is 25.9. The molecule has 5 rings (SSSR count). The Balaban J connectivity index is 1.68. The van der Waals surface area contributed by atoms with Gasteiger partial charge in [-0.3, -0.25) is 14.5 Å².